The van der Waals surface area contributed by atoms with Crippen LogP contribution in [0.3, 0.4) is 0 Å². The summed E-state index contributed by atoms with van der Waals surface area (Å²) in [4.78, 5) is 122. The first-order valence-corrected chi connectivity index (χ1v) is 22.8. The number of hydrogen-bond donors (Lipinski definition) is 6. The van der Waals surface area contributed by atoms with Crippen molar-refractivity contribution >= 4 is 60.4 Å². The van der Waals surface area contributed by atoms with Crippen LogP contribution in [0.2, 0.25) is 0 Å². The summed E-state index contributed by atoms with van der Waals surface area (Å²) in [6, 6.07) is -0.899. The maximum Gasteiger partial charge on any atom is 0.452 e. The minimum atomic E-state index is -1.80. The van der Waals surface area contributed by atoms with E-state index in [2.05, 4.69) is 41.5 Å². The normalized spacial score (nSPS) is 21.3. The Labute approximate surface area is 416 Å². The van der Waals surface area contributed by atoms with Crippen LogP contribution in [-0.2, 0) is 57.3 Å². The number of carbonyl (C=O) groups excluding carboxylic acids is 8. The van der Waals surface area contributed by atoms with Gasteiger partial charge in [0.25, 0.3) is 0 Å². The Bertz CT molecular complexity index is 2040. The van der Waals surface area contributed by atoms with Crippen LogP contribution in [0.25, 0.3) is 0 Å². The van der Waals surface area contributed by atoms with Crippen molar-refractivity contribution in [2.75, 3.05) is 19.7 Å². The topological polar surface area (TPSA) is 329 Å². The molecular formula is C44H70FN9O18. The molecule has 3 heterocycles. The van der Waals surface area contributed by atoms with Gasteiger partial charge >= 0.3 is 48.4 Å². The second-order valence-corrected chi connectivity index (χ2v) is 21.0. The average molecular weight is 1030 g/mol. The molecule has 27 nitrogen and oxygen atoms in total. The van der Waals surface area contributed by atoms with Crippen molar-refractivity contribution in [2.24, 2.45) is 21.8 Å². The standard InChI is InChI=1S/C44H70FN9O18/c1-22(21-63-26(55)17-18-46-32(50-35(58)67-40(3,4)5)51-36(59)68-41(6,7)8)24(19-47-33(52-37(60)69-42(9,10)11)53-38(61)70-43(12,13)14)31(56)71-72-39(62)49-29-25(45)20-54(34(57)48-29)30-28-27(23(2)64-30)65-44(15,16)66-28/h20,22-24,27-30H,17-19,21H2,1-16H3,(H,48,57)(H,49,62)(H2,46,50,51,58,59)(H2,47,52,53,60,61)/t22?,23-,24?,27+,28?,29?,30-/m1/s1. The molecule has 0 spiro atoms. The Morgan fingerprint density at radius 3 is 1.67 bits per heavy atom. The minimum Gasteiger partial charge on any atom is -0.465 e. The Hall–Kier alpha value is -6.55. The summed E-state index contributed by atoms with van der Waals surface area (Å²) in [7, 11) is 0. The number of amides is 7. The average Bonchev–Trinajstić information content (AvgIpc) is 3.66. The molecule has 0 aromatic heterocycles. The number of halogens is 1. The van der Waals surface area contributed by atoms with E-state index in [9.17, 15) is 38.4 Å². The predicted octanol–water partition coefficient (Wildman–Crippen LogP) is 4.59. The van der Waals surface area contributed by atoms with Gasteiger partial charge in [-0.1, -0.05) is 6.92 Å². The molecule has 0 radical (unpaired) electrons. The smallest absolute Gasteiger partial charge is 0.452 e. The Morgan fingerprint density at radius 1 is 0.736 bits per heavy atom. The molecule has 3 aliphatic heterocycles. The van der Waals surface area contributed by atoms with Crippen LogP contribution in [0.1, 0.15) is 117 Å². The molecule has 0 bridgehead atoms. The largest absolute Gasteiger partial charge is 0.465 e. The SMILES string of the molecule is CC(COC(=O)CCN=C(NC(=O)OC(C)(C)C)NC(=O)OC(C)(C)C)C(CN=C(NC(=O)OC(C)(C)C)NC(=O)OC(C)(C)C)C(=O)OOC(=O)NC1NC(=O)N([C@@H]2O[C@H](C)[C@@H]3OC(C)(C)OC32)C=C1F. The highest BCUT2D eigenvalue weighted by molar-refractivity contribution is 6.02. The zero-order valence-corrected chi connectivity index (χ0v) is 43.5. The first-order chi connectivity index (χ1) is 32.9. The van der Waals surface area contributed by atoms with Gasteiger partial charge in [0.1, 0.15) is 34.6 Å². The highest BCUT2D eigenvalue weighted by Gasteiger charge is 2.56. The number of rotatable bonds is 11. The van der Waals surface area contributed by atoms with E-state index in [0.717, 1.165) is 11.1 Å². The highest BCUT2D eigenvalue weighted by Crippen LogP contribution is 2.40. The van der Waals surface area contributed by atoms with Crippen molar-refractivity contribution in [3.8, 4) is 0 Å². The van der Waals surface area contributed by atoms with E-state index in [4.69, 9.17) is 42.8 Å². The maximum atomic E-state index is 15.4. The zero-order chi connectivity index (χ0) is 54.7. The number of hydrogen-bond acceptors (Lipinski definition) is 20. The Morgan fingerprint density at radius 2 is 1.19 bits per heavy atom. The third-order valence-electron chi connectivity index (χ3n) is 9.04. The van der Waals surface area contributed by atoms with Crippen LogP contribution in [-0.4, -0.2) is 144 Å². The van der Waals surface area contributed by atoms with Gasteiger partial charge in [0.2, 0.25) is 11.9 Å². The number of carbonyl (C=O) groups is 8. The van der Waals surface area contributed by atoms with Crippen molar-refractivity contribution in [1.82, 2.24) is 36.8 Å². The van der Waals surface area contributed by atoms with E-state index in [0.29, 0.717) is 0 Å². The van der Waals surface area contributed by atoms with Crippen LogP contribution in [0.15, 0.2) is 22.0 Å². The van der Waals surface area contributed by atoms with Crippen molar-refractivity contribution in [3.63, 3.8) is 0 Å². The number of aliphatic imine (C=N–C) groups is 2. The number of alkyl carbamates (subject to hydrolysis) is 4. The Kier molecular flexibility index (Phi) is 20.1. The summed E-state index contributed by atoms with van der Waals surface area (Å²) in [5.74, 6) is -7.79. The molecule has 0 aliphatic carbocycles. The van der Waals surface area contributed by atoms with Gasteiger partial charge in [0.05, 0.1) is 38.1 Å². The van der Waals surface area contributed by atoms with Crippen LogP contribution in [0, 0.1) is 11.8 Å². The van der Waals surface area contributed by atoms with E-state index in [1.54, 1.807) is 104 Å². The predicted molar refractivity (Wildman–Crippen MR) is 248 cm³/mol. The summed E-state index contributed by atoms with van der Waals surface area (Å²) < 4.78 is 59.4. The van der Waals surface area contributed by atoms with Crippen LogP contribution >= 0.6 is 0 Å². The van der Waals surface area contributed by atoms with E-state index < -0.39 is 156 Å². The van der Waals surface area contributed by atoms with Gasteiger partial charge in [-0.15, -0.1) is 0 Å². The van der Waals surface area contributed by atoms with E-state index in [1.165, 1.54) is 6.92 Å². The quantitative estimate of drug-likeness (QED) is 0.0411. The minimum absolute atomic E-state index is 0.353. The molecule has 0 aromatic rings. The van der Waals surface area contributed by atoms with Crippen molar-refractivity contribution in [2.45, 2.75) is 176 Å². The van der Waals surface area contributed by atoms with Gasteiger partial charge in [-0.2, -0.15) is 0 Å². The second kappa shape index (κ2) is 24.2. The van der Waals surface area contributed by atoms with Gasteiger partial charge in [-0.25, -0.2) is 47.7 Å². The van der Waals surface area contributed by atoms with E-state index in [1.807, 2.05) is 5.32 Å². The third-order valence-corrected chi connectivity index (χ3v) is 9.04. The molecule has 2 fully saturated rings. The summed E-state index contributed by atoms with van der Waals surface area (Å²) in [6.07, 6.45) is -9.99. The van der Waals surface area contributed by atoms with Gasteiger partial charge in [0.15, 0.2) is 24.0 Å². The number of fused-ring (bicyclic) bond motifs is 1. The molecule has 4 unspecified atom stereocenters. The second-order valence-electron chi connectivity index (χ2n) is 21.0. The highest BCUT2D eigenvalue weighted by atomic mass is 19.1. The molecule has 7 amide bonds. The summed E-state index contributed by atoms with van der Waals surface area (Å²) in [5, 5.41) is 13.3. The molecule has 3 rings (SSSR count). The van der Waals surface area contributed by atoms with Crippen LogP contribution in [0.4, 0.5) is 33.2 Å². The lowest BCUT2D eigenvalue weighted by atomic mass is 9.95. The van der Waals surface area contributed by atoms with E-state index >= 15 is 4.39 Å². The first kappa shape index (κ1) is 59.8. The van der Waals surface area contributed by atoms with Gasteiger partial charge in [-0.05, 0) is 104 Å². The lowest BCUT2D eigenvalue weighted by molar-refractivity contribution is -0.238. The number of nitrogens with one attached hydrogen (secondary N) is 6. The molecule has 28 heteroatoms. The summed E-state index contributed by atoms with van der Waals surface area (Å²) in [6.45, 7) is 24.1. The molecule has 0 aromatic carbocycles. The molecule has 0 saturated carbocycles. The van der Waals surface area contributed by atoms with Crippen molar-refractivity contribution < 1.29 is 90.4 Å². The number of nitrogens with zero attached hydrogens (tertiary/aromatic N) is 3. The van der Waals surface area contributed by atoms with Crippen LogP contribution in [0.5, 0.6) is 0 Å². The maximum absolute atomic E-state index is 15.4. The number of esters is 1. The number of urea groups is 1. The van der Waals surface area contributed by atoms with Crippen LogP contribution < -0.4 is 31.9 Å². The zero-order valence-electron chi connectivity index (χ0n) is 43.5. The van der Waals surface area contributed by atoms with Gasteiger partial charge < -0.3 is 43.2 Å². The molecule has 7 atom stereocenters. The number of guanidine groups is 2. The van der Waals surface area contributed by atoms with E-state index in [-0.39, 0.29) is 6.54 Å². The third kappa shape index (κ3) is 21.0. The fourth-order valence-corrected chi connectivity index (χ4v) is 6.28. The molecule has 6 N–H and O–H groups in total. The molecule has 72 heavy (non-hydrogen) atoms. The monoisotopic (exact) mass is 1030 g/mol. The number of ether oxygens (including phenoxy) is 8. The lowest BCUT2D eigenvalue weighted by Gasteiger charge is -2.34. The van der Waals surface area contributed by atoms with Gasteiger partial charge in [0, 0.05) is 12.1 Å². The lowest BCUT2D eigenvalue weighted by Crippen LogP contribution is -2.58. The fourth-order valence-electron chi connectivity index (χ4n) is 6.28. The fraction of sp³-hybridized carbons (Fsp3) is 0.727. The van der Waals surface area contributed by atoms with Crippen molar-refractivity contribution in [1.29, 1.82) is 0 Å². The Balaban J connectivity index is 1.79. The molecule has 3 aliphatic rings. The summed E-state index contributed by atoms with van der Waals surface area (Å²) in [5.41, 5.74) is -3.82. The van der Waals surface area contributed by atoms with Gasteiger partial charge in [-0.3, -0.25) is 46.3 Å². The molecular weight excluding hydrogens is 962 g/mol. The van der Waals surface area contributed by atoms with Crippen molar-refractivity contribution in [3.05, 3.63) is 12.0 Å². The molecule has 2 saturated heterocycles. The molecule has 406 valence electrons. The summed E-state index contributed by atoms with van der Waals surface area (Å²) >= 11 is 0. The first-order valence-electron chi connectivity index (χ1n) is 22.8.